The molecule has 2 N–H and O–H groups in total. The number of hydrogen-bond donors (Lipinski definition) is 2. The van der Waals surface area contributed by atoms with E-state index in [2.05, 4.69) is 27.6 Å². The third-order valence-electron chi connectivity index (χ3n) is 6.44. The average molecular weight is 522 g/mol. The van der Waals surface area contributed by atoms with Gasteiger partial charge in [-0.25, -0.2) is 4.98 Å². The number of benzene rings is 1. The van der Waals surface area contributed by atoms with Crippen LogP contribution in [0.5, 0.6) is 5.75 Å². The van der Waals surface area contributed by atoms with E-state index in [-0.39, 0.29) is 36.0 Å². The van der Waals surface area contributed by atoms with E-state index < -0.39 is 5.56 Å². The molecule has 1 atom stereocenters. The predicted octanol–water partition coefficient (Wildman–Crippen LogP) is 3.94. The van der Waals surface area contributed by atoms with Gasteiger partial charge in [-0.2, -0.15) is 0 Å². The first-order valence-electron chi connectivity index (χ1n) is 12.3. The maximum atomic E-state index is 13.2. The minimum atomic E-state index is -0.402. The third-order valence-corrected chi connectivity index (χ3v) is 6.97. The summed E-state index contributed by atoms with van der Waals surface area (Å²) in [7, 11) is 2.11. The van der Waals surface area contributed by atoms with E-state index >= 15 is 0 Å². The van der Waals surface area contributed by atoms with Crippen LogP contribution >= 0.6 is 23.2 Å². The summed E-state index contributed by atoms with van der Waals surface area (Å²) < 4.78 is 7.24. The van der Waals surface area contributed by atoms with Gasteiger partial charge in [-0.1, -0.05) is 36.0 Å². The Morgan fingerprint density at radius 1 is 1.17 bits per heavy atom. The van der Waals surface area contributed by atoms with Gasteiger partial charge in [0.2, 0.25) is 5.91 Å². The van der Waals surface area contributed by atoms with E-state index in [9.17, 15) is 9.59 Å². The van der Waals surface area contributed by atoms with Crippen molar-refractivity contribution < 1.29 is 9.53 Å². The van der Waals surface area contributed by atoms with E-state index in [1.807, 2.05) is 6.07 Å². The fourth-order valence-corrected chi connectivity index (χ4v) is 4.75. The number of rotatable bonds is 2. The van der Waals surface area contributed by atoms with E-state index in [1.165, 1.54) is 23.6 Å². The van der Waals surface area contributed by atoms with Crippen LogP contribution in [-0.2, 0) is 17.9 Å². The maximum absolute atomic E-state index is 13.2. The highest BCUT2D eigenvalue weighted by atomic mass is 35.5. The second-order valence-corrected chi connectivity index (χ2v) is 10.4. The molecule has 1 fully saturated rings. The largest absolute Gasteiger partial charge is 0.493 e. The van der Waals surface area contributed by atoms with Crippen LogP contribution in [-0.4, -0.2) is 53.1 Å². The Morgan fingerprint density at radius 3 is 2.80 bits per heavy atom. The van der Waals surface area contributed by atoms with Crippen LogP contribution in [0, 0.1) is 5.92 Å². The minimum Gasteiger partial charge on any atom is -0.493 e. The number of hydrogen-bond acceptors (Lipinski definition) is 6. The van der Waals surface area contributed by atoms with Gasteiger partial charge in [-0.15, -0.1) is 0 Å². The lowest BCUT2D eigenvalue weighted by Crippen LogP contribution is -2.39. The maximum Gasteiger partial charge on any atom is 0.294 e. The minimum absolute atomic E-state index is 0.0980. The van der Waals surface area contributed by atoms with Crippen molar-refractivity contribution in [2.75, 3.05) is 32.1 Å². The number of nitrogens with zero attached hydrogens (tertiary/aromatic N) is 3. The van der Waals surface area contributed by atoms with Gasteiger partial charge in [0.25, 0.3) is 5.56 Å². The molecule has 2 bridgehead atoms. The summed E-state index contributed by atoms with van der Waals surface area (Å²) >= 11 is 12.4. The molecule has 0 radical (unpaired) electrons. The molecule has 1 aromatic heterocycles. The monoisotopic (exact) mass is 521 g/mol. The van der Waals surface area contributed by atoms with E-state index in [0.29, 0.717) is 23.3 Å². The van der Waals surface area contributed by atoms with Crippen molar-refractivity contribution in [3.05, 3.63) is 50.5 Å². The quantitative estimate of drug-likeness (QED) is 0.622. The number of aromatic nitrogens is 2. The molecule has 0 spiro atoms. The fourth-order valence-electron chi connectivity index (χ4n) is 4.37. The van der Waals surface area contributed by atoms with Crippen molar-refractivity contribution in [1.82, 2.24) is 19.8 Å². The summed E-state index contributed by atoms with van der Waals surface area (Å²) in [6, 6.07) is 5.47. The number of likely N-dealkylation sites (N-methyl/N-ethyl adjacent to an activating group) is 1. The Bertz CT molecular complexity index is 1090. The smallest absolute Gasteiger partial charge is 0.294 e. The molecule has 2 heterocycles. The first kappa shape index (κ1) is 25.8. The summed E-state index contributed by atoms with van der Waals surface area (Å²) in [5.74, 6) is 1.27. The lowest BCUT2D eigenvalue weighted by Gasteiger charge is -2.25. The number of halogens is 2. The van der Waals surface area contributed by atoms with Gasteiger partial charge in [0, 0.05) is 29.7 Å². The molecule has 2 aliphatic rings. The van der Waals surface area contributed by atoms with Crippen LogP contribution in [0.4, 0.5) is 5.82 Å². The highest BCUT2D eigenvalue weighted by Gasteiger charge is 2.27. The summed E-state index contributed by atoms with van der Waals surface area (Å²) in [5, 5.41) is 6.88. The molecular weight excluding hydrogens is 489 g/mol. The summed E-state index contributed by atoms with van der Waals surface area (Å²) in [5.41, 5.74) is 0.378. The fraction of sp³-hybridized carbons (Fsp3) is 0.560. The third kappa shape index (κ3) is 7.59. The summed E-state index contributed by atoms with van der Waals surface area (Å²) in [4.78, 5) is 32.5. The van der Waals surface area contributed by atoms with Crippen molar-refractivity contribution in [2.45, 2.75) is 57.7 Å². The van der Waals surface area contributed by atoms with Crippen LogP contribution in [0.15, 0.2) is 29.2 Å². The van der Waals surface area contributed by atoms with Crippen LogP contribution in [0.25, 0.3) is 0 Å². The molecule has 10 heteroatoms. The molecule has 1 aliphatic heterocycles. The van der Waals surface area contributed by atoms with Gasteiger partial charge in [0.15, 0.2) is 5.82 Å². The number of nitrogens with one attached hydrogen (secondary N) is 2. The van der Waals surface area contributed by atoms with E-state index in [4.69, 9.17) is 27.9 Å². The zero-order chi connectivity index (χ0) is 24.8. The Morgan fingerprint density at radius 2 is 2.00 bits per heavy atom. The number of carbonyl (C=O) groups is 1. The molecular formula is C25H33Cl2N5O3. The number of carbonyl (C=O) groups excluding carboxylic acids is 1. The van der Waals surface area contributed by atoms with Crippen molar-refractivity contribution in [2.24, 2.45) is 5.92 Å². The molecule has 0 unspecified atom stereocenters. The topological polar surface area (TPSA) is 88.5 Å². The van der Waals surface area contributed by atoms with Crippen molar-refractivity contribution >= 4 is 34.9 Å². The van der Waals surface area contributed by atoms with Gasteiger partial charge >= 0.3 is 0 Å². The lowest BCUT2D eigenvalue weighted by molar-refractivity contribution is -0.121. The molecule has 1 aromatic carbocycles. The standard InChI is InChI=1S/C25H33Cl2N5O3/c1-31-9-3-2-4-10-35-21-8-7-19(26)12-18(21)13-28-23(33)16-32-22(27)14-29-24(25(32)34)30-20(15-31)11-17-5-6-17/h7-8,12,14,17,20H,2-6,9-11,13,15-16H2,1H3,(H,28,33)(H,29,30)/t20-/m0/s1. The average Bonchev–Trinajstić information content (AvgIpc) is 3.63. The Hall–Kier alpha value is -2.29. The number of fused-ring (bicyclic) bond motifs is 3. The molecule has 1 amide bonds. The second kappa shape index (κ2) is 12.1. The number of anilines is 1. The lowest BCUT2D eigenvalue weighted by atomic mass is 10.1. The Kier molecular flexibility index (Phi) is 8.92. The van der Waals surface area contributed by atoms with Gasteiger partial charge < -0.3 is 20.3 Å². The molecule has 0 saturated heterocycles. The molecule has 190 valence electrons. The van der Waals surface area contributed by atoms with Crippen LogP contribution < -0.4 is 20.9 Å². The van der Waals surface area contributed by atoms with E-state index in [0.717, 1.165) is 44.3 Å². The van der Waals surface area contributed by atoms with Gasteiger partial charge in [0.05, 0.1) is 12.8 Å². The van der Waals surface area contributed by atoms with Crippen molar-refractivity contribution in [3.63, 3.8) is 0 Å². The summed E-state index contributed by atoms with van der Waals surface area (Å²) in [6.45, 7) is 2.39. The SMILES string of the molecule is CN1CCCCCOc2ccc(Cl)cc2CNC(=O)Cn2c(Cl)cnc(c2=O)N[C@@H](CC2CC2)C1. The molecule has 35 heavy (non-hydrogen) atoms. The molecule has 2 aromatic rings. The number of ether oxygens (including phenoxy) is 1. The van der Waals surface area contributed by atoms with E-state index in [1.54, 1.807) is 12.1 Å². The van der Waals surface area contributed by atoms with Crippen LogP contribution in [0.1, 0.15) is 44.1 Å². The zero-order valence-corrected chi connectivity index (χ0v) is 21.6. The molecule has 8 nitrogen and oxygen atoms in total. The Balaban J connectivity index is 1.56. The normalized spacial score (nSPS) is 20.9. The van der Waals surface area contributed by atoms with Gasteiger partial charge in [-0.3, -0.25) is 14.2 Å². The molecule has 1 aliphatic carbocycles. The Labute approximate surface area is 216 Å². The predicted molar refractivity (Wildman–Crippen MR) is 138 cm³/mol. The molecule has 1 saturated carbocycles. The van der Waals surface area contributed by atoms with Gasteiger partial charge in [-0.05, 0) is 63.4 Å². The first-order chi connectivity index (χ1) is 16.9. The molecule has 4 rings (SSSR count). The first-order valence-corrected chi connectivity index (χ1v) is 13.0. The highest BCUT2D eigenvalue weighted by molar-refractivity contribution is 6.30. The van der Waals surface area contributed by atoms with Crippen molar-refractivity contribution in [1.29, 1.82) is 0 Å². The van der Waals surface area contributed by atoms with Crippen LogP contribution in [0.3, 0.4) is 0 Å². The highest BCUT2D eigenvalue weighted by Crippen LogP contribution is 2.34. The summed E-state index contributed by atoms with van der Waals surface area (Å²) in [6.07, 6.45) is 7.92. The van der Waals surface area contributed by atoms with Crippen molar-refractivity contribution in [3.8, 4) is 5.75 Å². The zero-order valence-electron chi connectivity index (χ0n) is 20.1. The second-order valence-electron chi connectivity index (χ2n) is 9.54. The number of amides is 1. The van der Waals surface area contributed by atoms with Gasteiger partial charge in [0.1, 0.15) is 17.4 Å². The van der Waals surface area contributed by atoms with Crippen LogP contribution in [0.2, 0.25) is 10.2 Å².